The van der Waals surface area contributed by atoms with E-state index in [1.54, 1.807) is 23.0 Å². The summed E-state index contributed by atoms with van der Waals surface area (Å²) in [5, 5.41) is 7.22. The second kappa shape index (κ2) is 8.68. The first-order valence-electron chi connectivity index (χ1n) is 10.5. The smallest absolute Gasteiger partial charge is 0.272 e. The van der Waals surface area contributed by atoms with Crippen molar-refractivity contribution in [3.05, 3.63) is 47.8 Å². The van der Waals surface area contributed by atoms with E-state index in [0.29, 0.717) is 42.7 Å². The van der Waals surface area contributed by atoms with Crippen LogP contribution in [0.25, 0.3) is 0 Å². The maximum Gasteiger partial charge on any atom is 0.272 e. The zero-order valence-corrected chi connectivity index (χ0v) is 16.8. The fourth-order valence-electron chi connectivity index (χ4n) is 3.79. The van der Waals surface area contributed by atoms with Crippen LogP contribution in [0.2, 0.25) is 0 Å². The fourth-order valence-corrected chi connectivity index (χ4v) is 3.79. The van der Waals surface area contributed by atoms with E-state index in [1.165, 1.54) is 0 Å². The summed E-state index contributed by atoms with van der Waals surface area (Å²) >= 11 is 0. The van der Waals surface area contributed by atoms with E-state index in [-0.39, 0.29) is 17.7 Å². The van der Waals surface area contributed by atoms with Crippen molar-refractivity contribution in [2.24, 2.45) is 5.92 Å². The molecule has 0 bridgehead atoms. The van der Waals surface area contributed by atoms with Gasteiger partial charge in [-0.05, 0) is 50.8 Å². The fraction of sp³-hybridized carbons (Fsp3) is 0.500. The minimum absolute atomic E-state index is 0.0262. The summed E-state index contributed by atoms with van der Waals surface area (Å²) in [5.74, 6) is 0.804. The van der Waals surface area contributed by atoms with Gasteiger partial charge in [-0.2, -0.15) is 5.10 Å². The molecular weight excluding hydrogens is 368 g/mol. The molecule has 1 aliphatic heterocycles. The summed E-state index contributed by atoms with van der Waals surface area (Å²) in [6.45, 7) is 4.56. The van der Waals surface area contributed by atoms with Gasteiger partial charge in [-0.15, -0.1) is 0 Å². The van der Waals surface area contributed by atoms with Gasteiger partial charge in [0.25, 0.3) is 11.8 Å². The highest BCUT2D eigenvalue weighted by Gasteiger charge is 2.28. The van der Waals surface area contributed by atoms with Gasteiger partial charge in [-0.3, -0.25) is 14.3 Å². The number of piperidine rings is 1. The van der Waals surface area contributed by atoms with Crippen LogP contribution in [0.5, 0.6) is 5.75 Å². The zero-order chi connectivity index (χ0) is 20.2. The lowest BCUT2D eigenvalue weighted by molar-refractivity contribution is 0.0621. The molecule has 0 radical (unpaired) electrons. The first-order chi connectivity index (χ1) is 14.2. The molecule has 7 nitrogen and oxygen atoms in total. The Bertz CT molecular complexity index is 874. The number of hydrogen-bond donors (Lipinski definition) is 1. The molecule has 1 aromatic carbocycles. The second-order valence-corrected chi connectivity index (χ2v) is 7.85. The van der Waals surface area contributed by atoms with Gasteiger partial charge in [-0.1, -0.05) is 12.1 Å². The lowest BCUT2D eigenvalue weighted by Gasteiger charge is -2.32. The molecule has 2 fully saturated rings. The van der Waals surface area contributed by atoms with Gasteiger partial charge in [0.05, 0.1) is 12.2 Å². The van der Waals surface area contributed by atoms with Crippen LogP contribution in [-0.4, -0.2) is 52.2 Å². The van der Waals surface area contributed by atoms with Gasteiger partial charge in [0.2, 0.25) is 0 Å². The number of likely N-dealkylation sites (tertiary alicyclic amines) is 1. The van der Waals surface area contributed by atoms with Gasteiger partial charge < -0.3 is 15.0 Å². The molecule has 1 saturated heterocycles. The third-order valence-electron chi connectivity index (χ3n) is 5.56. The predicted molar refractivity (Wildman–Crippen MR) is 109 cm³/mol. The highest BCUT2D eigenvalue weighted by molar-refractivity contribution is 5.97. The van der Waals surface area contributed by atoms with Crippen LogP contribution < -0.4 is 10.1 Å². The molecule has 154 valence electrons. The van der Waals surface area contributed by atoms with Crippen LogP contribution in [-0.2, 0) is 6.54 Å². The van der Waals surface area contributed by atoms with Crippen LogP contribution in [0.4, 0.5) is 0 Å². The number of carbonyl (C=O) groups is 2. The van der Waals surface area contributed by atoms with Gasteiger partial charge in [0.1, 0.15) is 11.4 Å². The number of ether oxygens (including phenoxy) is 1. The monoisotopic (exact) mass is 396 g/mol. The first kappa shape index (κ1) is 19.5. The molecule has 1 unspecified atom stereocenters. The standard InChI is InChI=1S/C22H28N4O3/c1-2-26-19(11-12-23-26)22(28)25-13-5-6-16(14-25)15-29-20-8-4-3-7-18(20)21(27)24-17-9-10-17/h3-4,7-8,11-12,16-17H,2,5-6,9-10,13-15H2,1H3,(H,24,27). The van der Waals surface area contributed by atoms with E-state index >= 15 is 0 Å². The van der Waals surface area contributed by atoms with Gasteiger partial charge in [0, 0.05) is 37.8 Å². The van der Waals surface area contributed by atoms with Crippen molar-refractivity contribution in [2.75, 3.05) is 19.7 Å². The first-order valence-corrected chi connectivity index (χ1v) is 10.5. The highest BCUT2D eigenvalue weighted by atomic mass is 16.5. The van der Waals surface area contributed by atoms with Crippen molar-refractivity contribution in [3.8, 4) is 5.75 Å². The highest BCUT2D eigenvalue weighted by Crippen LogP contribution is 2.25. The van der Waals surface area contributed by atoms with Crippen molar-refractivity contribution < 1.29 is 14.3 Å². The molecule has 2 aliphatic rings. The van der Waals surface area contributed by atoms with E-state index < -0.39 is 0 Å². The molecule has 2 aromatic rings. The summed E-state index contributed by atoms with van der Waals surface area (Å²) in [4.78, 5) is 27.2. The van der Waals surface area contributed by atoms with Gasteiger partial charge in [-0.25, -0.2) is 0 Å². The van der Waals surface area contributed by atoms with Crippen molar-refractivity contribution in [1.82, 2.24) is 20.0 Å². The van der Waals surface area contributed by atoms with Gasteiger partial charge in [0.15, 0.2) is 0 Å². The number of nitrogens with zero attached hydrogens (tertiary/aromatic N) is 3. The second-order valence-electron chi connectivity index (χ2n) is 7.85. The van der Waals surface area contributed by atoms with Crippen molar-refractivity contribution in [1.29, 1.82) is 0 Å². The summed E-state index contributed by atoms with van der Waals surface area (Å²) in [6, 6.07) is 9.47. The quantitative estimate of drug-likeness (QED) is 0.781. The summed E-state index contributed by atoms with van der Waals surface area (Å²) in [6.07, 6.45) is 5.73. The molecule has 1 saturated carbocycles. The number of aromatic nitrogens is 2. The van der Waals surface area contributed by atoms with E-state index in [2.05, 4.69) is 10.4 Å². The molecule has 1 N–H and O–H groups in total. The zero-order valence-electron chi connectivity index (χ0n) is 16.8. The number of rotatable bonds is 7. The molecule has 2 amide bonds. The van der Waals surface area contributed by atoms with Crippen LogP contribution in [0.3, 0.4) is 0 Å². The molecular formula is C22H28N4O3. The SMILES string of the molecule is CCn1nccc1C(=O)N1CCCC(COc2ccccc2C(=O)NC2CC2)C1. The van der Waals surface area contributed by atoms with Crippen molar-refractivity contribution >= 4 is 11.8 Å². The average molecular weight is 396 g/mol. The Labute approximate surface area is 171 Å². The minimum atomic E-state index is -0.0728. The Balaban J connectivity index is 1.37. The number of carbonyl (C=O) groups excluding carboxylic acids is 2. The molecule has 29 heavy (non-hydrogen) atoms. The number of hydrogen-bond acceptors (Lipinski definition) is 4. The largest absolute Gasteiger partial charge is 0.492 e. The van der Waals surface area contributed by atoms with Crippen molar-refractivity contribution in [3.63, 3.8) is 0 Å². The van der Waals surface area contributed by atoms with E-state index in [0.717, 1.165) is 32.2 Å². The maximum absolute atomic E-state index is 12.9. The Morgan fingerprint density at radius 1 is 1.21 bits per heavy atom. The van der Waals surface area contributed by atoms with E-state index in [4.69, 9.17) is 4.74 Å². The molecule has 0 spiro atoms. The maximum atomic E-state index is 12.9. The number of amides is 2. The lowest BCUT2D eigenvalue weighted by Crippen LogP contribution is -2.42. The van der Waals surface area contributed by atoms with E-state index in [9.17, 15) is 9.59 Å². The molecule has 1 aliphatic carbocycles. The molecule has 1 atom stereocenters. The van der Waals surface area contributed by atoms with Gasteiger partial charge >= 0.3 is 0 Å². The third-order valence-corrected chi connectivity index (χ3v) is 5.56. The lowest BCUT2D eigenvalue weighted by atomic mass is 9.98. The van der Waals surface area contributed by atoms with E-state index in [1.807, 2.05) is 30.0 Å². The third kappa shape index (κ3) is 4.60. The Hall–Kier alpha value is -2.83. The number of benzene rings is 1. The van der Waals surface area contributed by atoms with Crippen LogP contribution in [0.15, 0.2) is 36.5 Å². The Morgan fingerprint density at radius 2 is 2.03 bits per heavy atom. The van der Waals surface area contributed by atoms with Crippen LogP contribution >= 0.6 is 0 Å². The normalized spacial score (nSPS) is 19.1. The predicted octanol–water partition coefficient (Wildman–Crippen LogP) is 2.73. The van der Waals surface area contributed by atoms with Crippen LogP contribution in [0.1, 0.15) is 53.5 Å². The average Bonchev–Trinajstić information content (AvgIpc) is 3.44. The minimum Gasteiger partial charge on any atom is -0.492 e. The van der Waals surface area contributed by atoms with Crippen LogP contribution in [0, 0.1) is 5.92 Å². The topological polar surface area (TPSA) is 76.5 Å². The summed E-state index contributed by atoms with van der Waals surface area (Å²) in [7, 11) is 0. The molecule has 4 rings (SSSR count). The Morgan fingerprint density at radius 3 is 2.83 bits per heavy atom. The summed E-state index contributed by atoms with van der Waals surface area (Å²) < 4.78 is 7.78. The Kier molecular flexibility index (Phi) is 5.83. The van der Waals surface area contributed by atoms with Crippen molar-refractivity contribution in [2.45, 2.75) is 45.2 Å². The number of aryl methyl sites for hydroxylation is 1. The molecule has 2 heterocycles. The summed E-state index contributed by atoms with van der Waals surface area (Å²) in [5.41, 5.74) is 1.21. The number of nitrogens with one attached hydrogen (secondary N) is 1. The molecule has 1 aromatic heterocycles. The molecule has 7 heteroatoms. The number of para-hydroxylation sites is 1.